The van der Waals surface area contributed by atoms with Crippen LogP contribution in [0.1, 0.15) is 30.5 Å². The largest absolute Gasteiger partial charge is 0.424 e. The minimum atomic E-state index is -0.103. The maximum absolute atomic E-state index is 5.82. The Morgan fingerprint density at radius 2 is 1.39 bits per heavy atom. The van der Waals surface area contributed by atoms with Crippen molar-refractivity contribution < 1.29 is 4.74 Å². The number of hydrogen-bond acceptors (Lipinski definition) is 5. The Hall–Kier alpha value is -3.54. The van der Waals surface area contributed by atoms with Crippen LogP contribution in [0, 0.1) is 6.92 Å². The smallest absolute Gasteiger partial charge is 0.324 e. The normalized spacial score (nSPS) is 11.4. The summed E-state index contributed by atoms with van der Waals surface area (Å²) < 4.78 is 5.82. The first-order valence-electron chi connectivity index (χ1n) is 9.08. The molecular weight excluding hydrogens is 350 g/mol. The van der Waals surface area contributed by atoms with Crippen LogP contribution < -0.4 is 4.74 Å². The molecule has 0 aliphatic rings. The molecule has 0 unspecified atom stereocenters. The van der Waals surface area contributed by atoms with Crippen molar-refractivity contribution >= 4 is 0 Å². The van der Waals surface area contributed by atoms with Crippen LogP contribution in [0.5, 0.6) is 11.8 Å². The molecule has 4 rings (SSSR count). The van der Waals surface area contributed by atoms with Gasteiger partial charge in [-0.2, -0.15) is 15.2 Å². The maximum atomic E-state index is 5.82. The van der Waals surface area contributed by atoms with Gasteiger partial charge in [0.25, 0.3) is 0 Å². The summed E-state index contributed by atoms with van der Waals surface area (Å²) in [6.07, 6.45) is 4.81. The van der Waals surface area contributed by atoms with Crippen molar-refractivity contribution in [2.45, 2.75) is 26.2 Å². The molecule has 2 aromatic heterocycles. The van der Waals surface area contributed by atoms with E-state index >= 15 is 0 Å². The predicted octanol–water partition coefficient (Wildman–Crippen LogP) is 4.48. The summed E-state index contributed by atoms with van der Waals surface area (Å²) in [5, 5.41) is 8.13. The zero-order valence-corrected chi connectivity index (χ0v) is 16.1. The molecule has 28 heavy (non-hydrogen) atoms. The van der Waals surface area contributed by atoms with Crippen molar-refractivity contribution in [3.63, 3.8) is 0 Å². The SMILES string of the molecule is Cc1ccc(C(C)(C)c2ccc(Oc3nccc(-n4nccn4)n3)cc2)cc1. The van der Waals surface area contributed by atoms with Gasteiger partial charge in [0.2, 0.25) is 0 Å². The topological polar surface area (TPSA) is 65.7 Å². The second kappa shape index (κ2) is 7.23. The monoisotopic (exact) mass is 371 g/mol. The van der Waals surface area contributed by atoms with E-state index in [0.29, 0.717) is 11.6 Å². The fourth-order valence-corrected chi connectivity index (χ4v) is 3.01. The third kappa shape index (κ3) is 3.62. The molecule has 0 radical (unpaired) electrons. The Morgan fingerprint density at radius 1 is 0.786 bits per heavy atom. The number of benzene rings is 2. The van der Waals surface area contributed by atoms with Gasteiger partial charge in [0, 0.05) is 17.7 Å². The average Bonchev–Trinajstić information content (AvgIpc) is 3.24. The van der Waals surface area contributed by atoms with Crippen molar-refractivity contribution in [2.75, 3.05) is 0 Å². The van der Waals surface area contributed by atoms with Crippen molar-refractivity contribution in [3.8, 4) is 17.6 Å². The Kier molecular flexibility index (Phi) is 4.61. The number of aryl methyl sites for hydroxylation is 1. The number of aromatic nitrogens is 5. The minimum absolute atomic E-state index is 0.103. The second-order valence-electron chi connectivity index (χ2n) is 7.13. The second-order valence-corrected chi connectivity index (χ2v) is 7.13. The molecule has 0 N–H and O–H groups in total. The molecule has 0 spiro atoms. The predicted molar refractivity (Wildman–Crippen MR) is 107 cm³/mol. The minimum Gasteiger partial charge on any atom is -0.424 e. The fraction of sp³-hybridized carbons (Fsp3) is 0.182. The summed E-state index contributed by atoms with van der Waals surface area (Å²) in [5.74, 6) is 1.22. The van der Waals surface area contributed by atoms with Gasteiger partial charge in [-0.25, -0.2) is 4.98 Å². The summed E-state index contributed by atoms with van der Waals surface area (Å²) in [4.78, 5) is 9.93. The lowest BCUT2D eigenvalue weighted by Crippen LogP contribution is -2.18. The van der Waals surface area contributed by atoms with Gasteiger partial charge in [-0.3, -0.25) is 0 Å². The van der Waals surface area contributed by atoms with E-state index in [0.717, 1.165) is 0 Å². The fourth-order valence-electron chi connectivity index (χ4n) is 3.01. The van der Waals surface area contributed by atoms with E-state index in [4.69, 9.17) is 4.74 Å². The number of hydrogen-bond donors (Lipinski definition) is 0. The lowest BCUT2D eigenvalue weighted by atomic mass is 9.78. The maximum Gasteiger partial charge on any atom is 0.324 e. The lowest BCUT2D eigenvalue weighted by Gasteiger charge is -2.26. The molecule has 0 amide bonds. The highest BCUT2D eigenvalue weighted by Crippen LogP contribution is 2.33. The number of nitrogens with zero attached hydrogens (tertiary/aromatic N) is 5. The van der Waals surface area contributed by atoms with Crippen LogP contribution in [0.25, 0.3) is 5.82 Å². The van der Waals surface area contributed by atoms with Gasteiger partial charge < -0.3 is 4.74 Å². The van der Waals surface area contributed by atoms with Crippen LogP contribution in [0.15, 0.2) is 73.2 Å². The highest BCUT2D eigenvalue weighted by Gasteiger charge is 2.23. The molecule has 0 bridgehead atoms. The highest BCUT2D eigenvalue weighted by molar-refractivity contribution is 5.41. The molecule has 2 heterocycles. The zero-order chi connectivity index (χ0) is 19.6. The molecular formula is C22H21N5O. The van der Waals surface area contributed by atoms with Crippen molar-refractivity contribution in [3.05, 3.63) is 89.9 Å². The van der Waals surface area contributed by atoms with E-state index in [9.17, 15) is 0 Å². The Labute approximate surface area is 163 Å². The molecule has 0 aliphatic heterocycles. The number of rotatable bonds is 5. The zero-order valence-electron chi connectivity index (χ0n) is 16.1. The molecule has 0 saturated heterocycles. The van der Waals surface area contributed by atoms with Crippen molar-refractivity contribution in [2.24, 2.45) is 0 Å². The van der Waals surface area contributed by atoms with E-state index in [1.807, 2.05) is 12.1 Å². The summed E-state index contributed by atoms with van der Waals surface area (Å²) in [7, 11) is 0. The molecule has 0 atom stereocenters. The van der Waals surface area contributed by atoms with Crippen molar-refractivity contribution in [1.29, 1.82) is 0 Å². The molecule has 140 valence electrons. The first kappa shape index (κ1) is 17.9. The summed E-state index contributed by atoms with van der Waals surface area (Å²) in [6.45, 7) is 6.54. The molecule has 0 fully saturated rings. The van der Waals surface area contributed by atoms with E-state index in [-0.39, 0.29) is 11.4 Å². The van der Waals surface area contributed by atoms with E-state index in [1.165, 1.54) is 21.5 Å². The Balaban J connectivity index is 1.54. The first-order valence-corrected chi connectivity index (χ1v) is 9.08. The van der Waals surface area contributed by atoms with E-state index in [2.05, 4.69) is 77.3 Å². The van der Waals surface area contributed by atoms with Crippen LogP contribution in [-0.4, -0.2) is 25.0 Å². The van der Waals surface area contributed by atoms with Crippen LogP contribution >= 0.6 is 0 Å². The summed E-state index contributed by atoms with van der Waals surface area (Å²) in [5.41, 5.74) is 3.64. The molecule has 0 aliphatic carbocycles. The van der Waals surface area contributed by atoms with Gasteiger partial charge in [-0.1, -0.05) is 55.8 Å². The highest BCUT2D eigenvalue weighted by atomic mass is 16.5. The van der Waals surface area contributed by atoms with E-state index in [1.54, 1.807) is 24.7 Å². The Bertz CT molecular complexity index is 1060. The summed E-state index contributed by atoms with van der Waals surface area (Å²) >= 11 is 0. The Morgan fingerprint density at radius 3 is 2.04 bits per heavy atom. The molecule has 6 heteroatoms. The molecule has 6 nitrogen and oxygen atoms in total. The van der Waals surface area contributed by atoms with Gasteiger partial charge in [-0.05, 0) is 30.2 Å². The van der Waals surface area contributed by atoms with Gasteiger partial charge in [-0.15, -0.1) is 4.80 Å². The van der Waals surface area contributed by atoms with Gasteiger partial charge in [0.1, 0.15) is 5.75 Å². The third-order valence-electron chi connectivity index (χ3n) is 4.80. The van der Waals surface area contributed by atoms with Crippen LogP contribution in [-0.2, 0) is 5.41 Å². The third-order valence-corrected chi connectivity index (χ3v) is 4.80. The van der Waals surface area contributed by atoms with Crippen LogP contribution in [0.3, 0.4) is 0 Å². The molecule has 0 saturated carbocycles. The first-order chi connectivity index (χ1) is 13.5. The van der Waals surface area contributed by atoms with Crippen LogP contribution in [0.4, 0.5) is 0 Å². The summed E-state index contributed by atoms with van der Waals surface area (Å²) in [6, 6.07) is 18.7. The standard InChI is InChI=1S/C22H21N5O/c1-16-4-6-17(7-5-16)22(2,3)18-8-10-19(11-9-18)28-21-23-13-12-20(26-21)27-24-14-15-25-27/h4-15H,1-3H3. The molecule has 2 aromatic carbocycles. The van der Waals surface area contributed by atoms with Crippen LogP contribution in [0.2, 0.25) is 0 Å². The molecule has 4 aromatic rings. The number of ether oxygens (including phenoxy) is 1. The van der Waals surface area contributed by atoms with E-state index < -0.39 is 0 Å². The van der Waals surface area contributed by atoms with Gasteiger partial charge >= 0.3 is 6.01 Å². The lowest BCUT2D eigenvalue weighted by molar-refractivity contribution is 0.438. The van der Waals surface area contributed by atoms with Gasteiger partial charge in [0.05, 0.1) is 12.4 Å². The van der Waals surface area contributed by atoms with Gasteiger partial charge in [0.15, 0.2) is 5.82 Å². The average molecular weight is 371 g/mol. The quantitative estimate of drug-likeness (QED) is 0.517. The van der Waals surface area contributed by atoms with Crippen molar-refractivity contribution in [1.82, 2.24) is 25.0 Å².